The molecular weight excluding hydrogens is 359 g/mol. The Bertz CT molecular complexity index is 787. The summed E-state index contributed by atoms with van der Waals surface area (Å²) >= 11 is 0. The van der Waals surface area contributed by atoms with Crippen LogP contribution in [0, 0.1) is 5.82 Å². The van der Waals surface area contributed by atoms with Gasteiger partial charge in [0.25, 0.3) is 0 Å². The number of Topliss-reactive ketones (excluding diaryl/α,β-unsaturated/α-hetero) is 1. The summed E-state index contributed by atoms with van der Waals surface area (Å²) in [6.45, 7) is 6.38. The normalized spacial score (nSPS) is 14.8. The third-order valence-electron chi connectivity index (χ3n) is 5.01. The molecule has 2 aromatic rings. The molecule has 3 rings (SSSR count). The molecule has 0 atom stereocenters. The average molecular weight is 386 g/mol. The molecule has 0 bridgehead atoms. The lowest BCUT2D eigenvalue weighted by Gasteiger charge is -2.36. The lowest BCUT2D eigenvalue weighted by Crippen LogP contribution is -2.47. The van der Waals surface area contributed by atoms with E-state index in [0.717, 1.165) is 50.6 Å². The Hall–Kier alpha value is -2.60. The van der Waals surface area contributed by atoms with E-state index in [2.05, 4.69) is 4.90 Å². The van der Waals surface area contributed by atoms with Gasteiger partial charge >= 0.3 is 0 Å². The van der Waals surface area contributed by atoms with Crippen molar-refractivity contribution < 1.29 is 18.7 Å². The van der Waals surface area contributed by atoms with E-state index in [-0.39, 0.29) is 11.6 Å². The highest BCUT2D eigenvalue weighted by Gasteiger charge is 2.19. The second-order valence-electron chi connectivity index (χ2n) is 6.93. The Balaban J connectivity index is 1.40. The van der Waals surface area contributed by atoms with Crippen LogP contribution >= 0.6 is 0 Å². The van der Waals surface area contributed by atoms with Crippen molar-refractivity contribution >= 4 is 11.5 Å². The Labute approximate surface area is 165 Å². The fourth-order valence-corrected chi connectivity index (χ4v) is 3.34. The lowest BCUT2D eigenvalue weighted by atomic mass is 10.1. The zero-order chi connectivity index (χ0) is 19.9. The standard InChI is InChI=1S/C22H27FN2O3/c1-17(26)18-4-9-22(21(23)16-18)25-13-11-24(12-14-25)10-3-15-28-20-7-5-19(27-2)6-8-20/h4-9,16H,3,10-15H2,1-2H3. The summed E-state index contributed by atoms with van der Waals surface area (Å²) in [5.74, 6) is 1.22. The molecule has 1 heterocycles. The molecule has 5 nitrogen and oxygen atoms in total. The van der Waals surface area contributed by atoms with Crippen LogP contribution in [0.5, 0.6) is 11.5 Å². The van der Waals surface area contributed by atoms with E-state index >= 15 is 0 Å². The van der Waals surface area contributed by atoms with E-state index in [1.165, 1.54) is 13.0 Å². The van der Waals surface area contributed by atoms with Crippen LogP contribution in [0.25, 0.3) is 0 Å². The van der Waals surface area contributed by atoms with Gasteiger partial charge < -0.3 is 14.4 Å². The highest BCUT2D eigenvalue weighted by atomic mass is 19.1. The molecule has 0 spiro atoms. The predicted octanol–water partition coefficient (Wildman–Crippen LogP) is 3.63. The van der Waals surface area contributed by atoms with Crippen LogP contribution in [-0.2, 0) is 0 Å². The van der Waals surface area contributed by atoms with Crippen molar-refractivity contribution in [2.45, 2.75) is 13.3 Å². The molecule has 0 N–H and O–H groups in total. The van der Waals surface area contributed by atoms with E-state index in [4.69, 9.17) is 9.47 Å². The summed E-state index contributed by atoms with van der Waals surface area (Å²) in [6, 6.07) is 12.3. The molecule has 6 heteroatoms. The minimum absolute atomic E-state index is 0.118. The highest BCUT2D eigenvalue weighted by Crippen LogP contribution is 2.22. The Morgan fingerprint density at radius 2 is 1.71 bits per heavy atom. The summed E-state index contributed by atoms with van der Waals surface area (Å²) in [7, 11) is 1.64. The second-order valence-corrected chi connectivity index (χ2v) is 6.93. The first-order valence-corrected chi connectivity index (χ1v) is 9.61. The molecule has 2 aromatic carbocycles. The van der Waals surface area contributed by atoms with Gasteiger partial charge in [0, 0.05) is 38.3 Å². The molecule has 150 valence electrons. The monoisotopic (exact) mass is 386 g/mol. The molecule has 0 aliphatic carbocycles. The fraction of sp³-hybridized carbons (Fsp3) is 0.409. The van der Waals surface area contributed by atoms with E-state index in [9.17, 15) is 9.18 Å². The molecule has 1 aliphatic rings. The van der Waals surface area contributed by atoms with Crippen LogP contribution < -0.4 is 14.4 Å². The van der Waals surface area contributed by atoms with Gasteiger partial charge in [-0.3, -0.25) is 9.69 Å². The summed E-state index contributed by atoms with van der Waals surface area (Å²) in [6.07, 6.45) is 0.938. The molecule has 0 unspecified atom stereocenters. The third kappa shape index (κ3) is 5.23. The lowest BCUT2D eigenvalue weighted by molar-refractivity contribution is 0.101. The van der Waals surface area contributed by atoms with Crippen LogP contribution in [0.4, 0.5) is 10.1 Å². The van der Waals surface area contributed by atoms with Crippen molar-refractivity contribution in [2.75, 3.05) is 51.3 Å². The first kappa shape index (κ1) is 20.1. The maximum Gasteiger partial charge on any atom is 0.159 e. The van der Waals surface area contributed by atoms with Crippen molar-refractivity contribution in [2.24, 2.45) is 0 Å². The molecule has 1 aliphatic heterocycles. The molecule has 28 heavy (non-hydrogen) atoms. The molecular formula is C22H27FN2O3. The quantitative estimate of drug-likeness (QED) is 0.512. The smallest absolute Gasteiger partial charge is 0.159 e. The van der Waals surface area contributed by atoms with Gasteiger partial charge in [0.15, 0.2) is 5.78 Å². The van der Waals surface area contributed by atoms with Crippen LogP contribution in [-0.4, -0.2) is 57.1 Å². The Morgan fingerprint density at radius 3 is 2.32 bits per heavy atom. The van der Waals surface area contributed by atoms with Gasteiger partial charge in [-0.05, 0) is 55.8 Å². The van der Waals surface area contributed by atoms with Gasteiger partial charge in [0.1, 0.15) is 17.3 Å². The second kappa shape index (κ2) is 9.55. The number of carbonyl (C=O) groups excluding carboxylic acids is 1. The summed E-state index contributed by atoms with van der Waals surface area (Å²) in [5.41, 5.74) is 0.990. The number of hydrogen-bond donors (Lipinski definition) is 0. The van der Waals surface area contributed by atoms with E-state index in [0.29, 0.717) is 17.9 Å². The number of ether oxygens (including phenoxy) is 2. The molecule has 0 amide bonds. The number of anilines is 1. The van der Waals surface area contributed by atoms with Crippen molar-refractivity contribution in [3.63, 3.8) is 0 Å². The SMILES string of the molecule is COc1ccc(OCCCN2CCN(c3ccc(C(C)=O)cc3F)CC2)cc1. The topological polar surface area (TPSA) is 42.0 Å². The highest BCUT2D eigenvalue weighted by molar-refractivity contribution is 5.94. The largest absolute Gasteiger partial charge is 0.497 e. The maximum absolute atomic E-state index is 14.3. The molecule has 0 aromatic heterocycles. The number of carbonyl (C=O) groups is 1. The van der Waals surface area contributed by atoms with Gasteiger partial charge in [-0.1, -0.05) is 0 Å². The molecule has 0 saturated carbocycles. The van der Waals surface area contributed by atoms with E-state index in [1.54, 1.807) is 19.2 Å². The number of nitrogens with zero attached hydrogens (tertiary/aromatic N) is 2. The van der Waals surface area contributed by atoms with Crippen LogP contribution in [0.1, 0.15) is 23.7 Å². The Kier molecular flexibility index (Phi) is 6.87. The van der Waals surface area contributed by atoms with E-state index < -0.39 is 0 Å². The third-order valence-corrected chi connectivity index (χ3v) is 5.01. The van der Waals surface area contributed by atoms with Gasteiger partial charge in [0.2, 0.25) is 0 Å². The number of benzene rings is 2. The van der Waals surface area contributed by atoms with Gasteiger partial charge in [0.05, 0.1) is 19.4 Å². The average Bonchev–Trinajstić information content (AvgIpc) is 2.72. The fourth-order valence-electron chi connectivity index (χ4n) is 3.34. The minimum Gasteiger partial charge on any atom is -0.497 e. The minimum atomic E-state index is -0.325. The summed E-state index contributed by atoms with van der Waals surface area (Å²) in [5, 5.41) is 0. The number of ketones is 1. The number of hydrogen-bond acceptors (Lipinski definition) is 5. The van der Waals surface area contributed by atoms with E-state index in [1.807, 2.05) is 29.2 Å². The zero-order valence-corrected chi connectivity index (χ0v) is 16.5. The number of rotatable bonds is 8. The predicted molar refractivity (Wildman–Crippen MR) is 108 cm³/mol. The van der Waals surface area contributed by atoms with Gasteiger partial charge in [-0.2, -0.15) is 0 Å². The number of halogens is 1. The van der Waals surface area contributed by atoms with Crippen molar-refractivity contribution in [3.05, 3.63) is 53.8 Å². The first-order chi connectivity index (χ1) is 13.6. The van der Waals surface area contributed by atoms with Crippen molar-refractivity contribution in [1.29, 1.82) is 0 Å². The summed E-state index contributed by atoms with van der Waals surface area (Å²) < 4.78 is 25.2. The first-order valence-electron chi connectivity index (χ1n) is 9.61. The zero-order valence-electron chi connectivity index (χ0n) is 16.5. The maximum atomic E-state index is 14.3. The van der Waals surface area contributed by atoms with Crippen LogP contribution in [0.2, 0.25) is 0 Å². The van der Waals surface area contributed by atoms with Crippen LogP contribution in [0.15, 0.2) is 42.5 Å². The molecule has 1 fully saturated rings. The summed E-state index contributed by atoms with van der Waals surface area (Å²) in [4.78, 5) is 15.8. The molecule has 1 saturated heterocycles. The van der Waals surface area contributed by atoms with Crippen molar-refractivity contribution in [1.82, 2.24) is 4.90 Å². The number of piperazine rings is 1. The van der Waals surface area contributed by atoms with Crippen molar-refractivity contribution in [3.8, 4) is 11.5 Å². The Morgan fingerprint density at radius 1 is 1.04 bits per heavy atom. The van der Waals surface area contributed by atoms with Crippen LogP contribution in [0.3, 0.4) is 0 Å². The molecule has 0 radical (unpaired) electrons. The van der Waals surface area contributed by atoms with Gasteiger partial charge in [-0.25, -0.2) is 4.39 Å². The van der Waals surface area contributed by atoms with Gasteiger partial charge in [-0.15, -0.1) is 0 Å². The number of methoxy groups -OCH3 is 1.